The first-order valence-corrected chi connectivity index (χ1v) is 11.3. The predicted molar refractivity (Wildman–Crippen MR) is 126 cm³/mol. The number of hydrogen-bond donors (Lipinski definition) is 1. The molecule has 0 bridgehead atoms. The van der Waals surface area contributed by atoms with Gasteiger partial charge in [0.15, 0.2) is 0 Å². The molecule has 0 saturated heterocycles. The number of nitrogens with zero attached hydrogens (tertiary/aromatic N) is 1. The van der Waals surface area contributed by atoms with Gasteiger partial charge in [-0.05, 0) is 67.1 Å². The molecule has 0 spiro atoms. The molecule has 0 saturated carbocycles. The molecule has 0 aliphatic heterocycles. The summed E-state index contributed by atoms with van der Waals surface area (Å²) in [5.74, 6) is 0.646. The van der Waals surface area contributed by atoms with Gasteiger partial charge in [0.25, 0.3) is 5.91 Å². The van der Waals surface area contributed by atoms with E-state index in [0.717, 1.165) is 24.2 Å². The van der Waals surface area contributed by atoms with Gasteiger partial charge in [0.1, 0.15) is 12.4 Å². The van der Waals surface area contributed by atoms with Crippen molar-refractivity contribution < 1.29 is 14.3 Å². The summed E-state index contributed by atoms with van der Waals surface area (Å²) in [4.78, 5) is 27.9. The number of aryl methyl sites for hydroxylation is 2. The van der Waals surface area contributed by atoms with Crippen LogP contribution in [-0.4, -0.2) is 36.9 Å². The quantitative estimate of drug-likeness (QED) is 0.477. The van der Waals surface area contributed by atoms with Crippen LogP contribution in [0.3, 0.4) is 0 Å². The van der Waals surface area contributed by atoms with E-state index in [1.54, 1.807) is 47.5 Å². The topological polar surface area (TPSA) is 58.6 Å². The average molecular weight is 437 g/mol. The number of carbonyl (C=O) groups is 2. The molecule has 2 amide bonds. The Morgan fingerprint density at radius 1 is 1.06 bits per heavy atom. The van der Waals surface area contributed by atoms with Crippen LogP contribution >= 0.6 is 11.3 Å². The van der Waals surface area contributed by atoms with Gasteiger partial charge in [0.05, 0.1) is 6.54 Å². The SMILES string of the molecule is Cc1cccc(OCCN(C)C(=O)c2cccc(NC(=O)CCCc3cccs3)c2)c1. The molecular weight excluding hydrogens is 408 g/mol. The van der Waals surface area contributed by atoms with Crippen molar-refractivity contribution in [3.8, 4) is 5.75 Å². The lowest BCUT2D eigenvalue weighted by Gasteiger charge is -2.18. The number of likely N-dealkylation sites (N-methyl/N-ethyl adjacent to an activating group) is 1. The number of anilines is 1. The highest BCUT2D eigenvalue weighted by Gasteiger charge is 2.13. The van der Waals surface area contributed by atoms with Crippen LogP contribution in [-0.2, 0) is 11.2 Å². The number of hydrogen-bond acceptors (Lipinski definition) is 4. The van der Waals surface area contributed by atoms with Gasteiger partial charge < -0.3 is 15.0 Å². The van der Waals surface area contributed by atoms with Crippen molar-refractivity contribution in [2.45, 2.75) is 26.2 Å². The molecule has 0 radical (unpaired) electrons. The summed E-state index contributed by atoms with van der Waals surface area (Å²) < 4.78 is 5.73. The zero-order chi connectivity index (χ0) is 22.1. The normalized spacial score (nSPS) is 10.5. The summed E-state index contributed by atoms with van der Waals surface area (Å²) in [5.41, 5.74) is 2.30. The van der Waals surface area contributed by atoms with Crippen LogP contribution in [0.4, 0.5) is 5.69 Å². The molecule has 0 aliphatic rings. The Hall–Kier alpha value is -3.12. The van der Waals surface area contributed by atoms with Crippen molar-refractivity contribution in [1.82, 2.24) is 4.90 Å². The Balaban J connectivity index is 1.46. The average Bonchev–Trinajstić information content (AvgIpc) is 3.27. The molecule has 0 atom stereocenters. The van der Waals surface area contributed by atoms with Crippen LogP contribution in [0.25, 0.3) is 0 Å². The van der Waals surface area contributed by atoms with E-state index in [9.17, 15) is 9.59 Å². The second kappa shape index (κ2) is 11.3. The van der Waals surface area contributed by atoms with Gasteiger partial charge in [0.2, 0.25) is 5.91 Å². The van der Waals surface area contributed by atoms with Crippen molar-refractivity contribution >= 4 is 28.8 Å². The van der Waals surface area contributed by atoms with Gasteiger partial charge in [0, 0.05) is 29.6 Å². The first kappa shape index (κ1) is 22.6. The molecule has 3 aromatic rings. The Kier molecular flexibility index (Phi) is 8.24. The number of benzene rings is 2. The molecule has 3 rings (SSSR count). The molecule has 162 valence electrons. The maximum absolute atomic E-state index is 12.7. The maximum Gasteiger partial charge on any atom is 0.253 e. The van der Waals surface area contributed by atoms with Crippen LogP contribution in [0, 0.1) is 6.92 Å². The van der Waals surface area contributed by atoms with Crippen molar-refractivity contribution in [3.05, 3.63) is 82.0 Å². The molecule has 6 heteroatoms. The van der Waals surface area contributed by atoms with E-state index < -0.39 is 0 Å². The lowest BCUT2D eigenvalue weighted by molar-refractivity contribution is -0.116. The van der Waals surface area contributed by atoms with Gasteiger partial charge in [-0.15, -0.1) is 11.3 Å². The van der Waals surface area contributed by atoms with Gasteiger partial charge in [-0.3, -0.25) is 9.59 Å². The lowest BCUT2D eigenvalue weighted by Crippen LogP contribution is -2.31. The third kappa shape index (κ3) is 7.26. The van der Waals surface area contributed by atoms with Gasteiger partial charge >= 0.3 is 0 Å². The maximum atomic E-state index is 12.7. The monoisotopic (exact) mass is 436 g/mol. The number of amides is 2. The molecule has 1 aromatic heterocycles. The number of ether oxygens (including phenoxy) is 1. The summed E-state index contributed by atoms with van der Waals surface area (Å²) >= 11 is 1.71. The lowest BCUT2D eigenvalue weighted by atomic mass is 10.1. The zero-order valence-corrected chi connectivity index (χ0v) is 18.8. The highest BCUT2D eigenvalue weighted by Crippen LogP contribution is 2.16. The number of rotatable bonds is 10. The number of nitrogens with one attached hydrogen (secondary N) is 1. The minimum absolute atomic E-state index is 0.0407. The molecule has 0 unspecified atom stereocenters. The van der Waals surface area contributed by atoms with Crippen molar-refractivity contribution in [1.29, 1.82) is 0 Å². The minimum Gasteiger partial charge on any atom is -0.492 e. The van der Waals surface area contributed by atoms with Gasteiger partial charge in [-0.1, -0.05) is 24.3 Å². The van der Waals surface area contributed by atoms with Crippen molar-refractivity contribution in [3.63, 3.8) is 0 Å². The fourth-order valence-electron chi connectivity index (χ4n) is 3.16. The zero-order valence-electron chi connectivity index (χ0n) is 18.0. The Labute approximate surface area is 187 Å². The molecule has 1 N–H and O–H groups in total. The van der Waals surface area contributed by atoms with Crippen LogP contribution in [0.2, 0.25) is 0 Å². The fourth-order valence-corrected chi connectivity index (χ4v) is 3.91. The number of carbonyl (C=O) groups excluding carboxylic acids is 2. The van der Waals surface area contributed by atoms with Crippen LogP contribution in [0.1, 0.15) is 33.6 Å². The largest absolute Gasteiger partial charge is 0.492 e. The summed E-state index contributed by atoms with van der Waals surface area (Å²) in [6, 6.07) is 19.0. The minimum atomic E-state index is -0.110. The van der Waals surface area contributed by atoms with E-state index in [0.29, 0.717) is 30.8 Å². The third-order valence-electron chi connectivity index (χ3n) is 4.83. The van der Waals surface area contributed by atoms with E-state index >= 15 is 0 Å². The standard InChI is InChI=1S/C25H28N2O3S/c1-19-7-3-10-22(17-19)30-15-14-27(2)25(29)20-8-4-9-21(18-20)26-24(28)13-5-11-23-12-6-16-31-23/h3-4,6-10,12,16-18H,5,11,13-15H2,1-2H3,(H,26,28). The first-order valence-electron chi connectivity index (χ1n) is 10.4. The van der Waals surface area contributed by atoms with Crippen LogP contribution in [0.15, 0.2) is 66.0 Å². The van der Waals surface area contributed by atoms with E-state index in [1.807, 2.05) is 42.6 Å². The molecule has 0 aliphatic carbocycles. The summed E-state index contributed by atoms with van der Waals surface area (Å²) in [7, 11) is 1.75. The van der Waals surface area contributed by atoms with E-state index in [-0.39, 0.29) is 11.8 Å². The molecule has 31 heavy (non-hydrogen) atoms. The summed E-state index contributed by atoms with van der Waals surface area (Å²) in [6.45, 7) is 2.89. The Morgan fingerprint density at radius 2 is 1.90 bits per heavy atom. The molecule has 0 fully saturated rings. The van der Waals surface area contributed by atoms with Crippen molar-refractivity contribution in [2.75, 3.05) is 25.5 Å². The molecule has 5 nitrogen and oxygen atoms in total. The second-order valence-electron chi connectivity index (χ2n) is 7.45. The van der Waals surface area contributed by atoms with E-state index in [1.165, 1.54) is 4.88 Å². The third-order valence-corrected chi connectivity index (χ3v) is 5.77. The fraction of sp³-hybridized carbons (Fsp3) is 0.280. The molecule has 1 heterocycles. The van der Waals surface area contributed by atoms with Gasteiger partial charge in [-0.2, -0.15) is 0 Å². The highest BCUT2D eigenvalue weighted by molar-refractivity contribution is 7.09. The molecular formula is C25H28N2O3S. The first-order chi connectivity index (χ1) is 15.0. The van der Waals surface area contributed by atoms with E-state index in [4.69, 9.17) is 4.74 Å². The van der Waals surface area contributed by atoms with Crippen molar-refractivity contribution in [2.24, 2.45) is 0 Å². The Morgan fingerprint density at radius 3 is 2.68 bits per heavy atom. The van der Waals surface area contributed by atoms with Crippen LogP contribution in [0.5, 0.6) is 5.75 Å². The van der Waals surface area contributed by atoms with Gasteiger partial charge in [-0.25, -0.2) is 0 Å². The predicted octanol–water partition coefficient (Wildman–Crippen LogP) is 5.17. The molecule has 2 aromatic carbocycles. The number of thiophene rings is 1. The highest BCUT2D eigenvalue weighted by atomic mass is 32.1. The van der Waals surface area contributed by atoms with Crippen LogP contribution < -0.4 is 10.1 Å². The smallest absolute Gasteiger partial charge is 0.253 e. The summed E-state index contributed by atoms with van der Waals surface area (Å²) in [6.07, 6.45) is 2.15. The Bertz CT molecular complexity index is 1000. The van der Waals surface area contributed by atoms with E-state index in [2.05, 4.69) is 11.4 Å². The summed E-state index contributed by atoms with van der Waals surface area (Å²) in [5, 5.41) is 4.94. The second-order valence-corrected chi connectivity index (χ2v) is 8.49.